The van der Waals surface area contributed by atoms with Gasteiger partial charge in [0.15, 0.2) is 0 Å². The molecule has 0 aliphatic rings. The van der Waals surface area contributed by atoms with Crippen LogP contribution < -0.4 is 5.73 Å². The van der Waals surface area contributed by atoms with Gasteiger partial charge in [-0.1, -0.05) is 86.6 Å². The van der Waals surface area contributed by atoms with Gasteiger partial charge >= 0.3 is 6.09 Å². The number of hydrogen-bond donors (Lipinski definition) is 3. The van der Waals surface area contributed by atoms with E-state index in [1.807, 2.05) is 74.5 Å². The molecule has 2 amide bonds. The first-order chi connectivity index (χ1) is 22.5. The largest absolute Gasteiger partial charge is 0.452 e. The van der Waals surface area contributed by atoms with Gasteiger partial charge in [0.1, 0.15) is 0 Å². The van der Waals surface area contributed by atoms with Crippen molar-refractivity contribution in [2.24, 2.45) is 11.7 Å². The van der Waals surface area contributed by atoms with E-state index in [2.05, 4.69) is 0 Å². The molecular weight excluding hydrogens is 618 g/mol. The van der Waals surface area contributed by atoms with Crippen molar-refractivity contribution in [3.63, 3.8) is 0 Å². The number of aliphatic hydroxyl groups is 2. The van der Waals surface area contributed by atoms with Crippen molar-refractivity contribution in [1.29, 1.82) is 0 Å². The third-order valence-electron chi connectivity index (χ3n) is 8.43. The second kappa shape index (κ2) is 18.1. The highest BCUT2D eigenvalue weighted by Crippen LogP contribution is 2.29. The number of carbonyl (C=O) groups is 2. The minimum atomic E-state index is -3.97. The maximum Gasteiger partial charge on any atom is 0.416 e. The summed E-state index contributed by atoms with van der Waals surface area (Å²) in [6.07, 6.45) is 0.783. The molecule has 0 heterocycles. The highest BCUT2D eigenvalue weighted by Gasteiger charge is 2.37. The Bertz CT molecular complexity index is 1460. The molecule has 0 bridgehead atoms. The van der Waals surface area contributed by atoms with Gasteiger partial charge in [-0.05, 0) is 67.3 Å². The number of nitrogens with two attached hydrogens (primary N) is 1. The SMILES string of the molecule is COC(=O)N(C(=O)[C@@H](N)C(c1ccccc1)c1ccccc1)[C@@H](C)CCC[C@@H](CO)N(CCC(C)C)S(=O)(=O)c1ccc(CO)cc1. The summed E-state index contributed by atoms with van der Waals surface area (Å²) in [4.78, 5) is 28.1. The first-order valence-corrected chi connectivity index (χ1v) is 17.5. The van der Waals surface area contributed by atoms with Crippen LogP contribution in [0.3, 0.4) is 0 Å². The van der Waals surface area contributed by atoms with Crippen LogP contribution in [0.15, 0.2) is 89.8 Å². The maximum absolute atomic E-state index is 14.0. The zero-order valence-electron chi connectivity index (χ0n) is 27.7. The molecule has 0 fully saturated rings. The van der Waals surface area contributed by atoms with Gasteiger partial charge in [-0.15, -0.1) is 0 Å². The molecule has 10 nitrogen and oxygen atoms in total. The fourth-order valence-electron chi connectivity index (χ4n) is 5.71. The van der Waals surface area contributed by atoms with E-state index in [0.29, 0.717) is 31.2 Å². The zero-order chi connectivity index (χ0) is 34.6. The van der Waals surface area contributed by atoms with Gasteiger partial charge < -0.3 is 20.7 Å². The minimum Gasteiger partial charge on any atom is -0.452 e. The van der Waals surface area contributed by atoms with Gasteiger partial charge in [0.25, 0.3) is 0 Å². The summed E-state index contributed by atoms with van der Waals surface area (Å²) in [7, 11) is -2.76. The monoisotopic (exact) mass is 667 g/mol. The highest BCUT2D eigenvalue weighted by molar-refractivity contribution is 7.89. The predicted molar refractivity (Wildman–Crippen MR) is 182 cm³/mol. The summed E-state index contributed by atoms with van der Waals surface area (Å²) in [6, 6.07) is 22.4. The van der Waals surface area contributed by atoms with Crippen LogP contribution in [-0.2, 0) is 26.2 Å². The van der Waals surface area contributed by atoms with Crippen LogP contribution in [0.2, 0.25) is 0 Å². The molecule has 0 spiro atoms. The van der Waals surface area contributed by atoms with Crippen LogP contribution in [0.4, 0.5) is 4.79 Å². The molecule has 4 N–H and O–H groups in total. The topological polar surface area (TPSA) is 150 Å². The smallest absolute Gasteiger partial charge is 0.416 e. The van der Waals surface area contributed by atoms with Crippen LogP contribution in [-0.4, -0.2) is 78.2 Å². The summed E-state index contributed by atoms with van der Waals surface area (Å²) >= 11 is 0. The van der Waals surface area contributed by atoms with E-state index in [-0.39, 0.29) is 24.0 Å². The van der Waals surface area contributed by atoms with Crippen molar-refractivity contribution < 1.29 is 33.0 Å². The quantitative estimate of drug-likeness (QED) is 0.184. The van der Waals surface area contributed by atoms with E-state index < -0.39 is 52.7 Å². The van der Waals surface area contributed by atoms with Crippen LogP contribution in [0, 0.1) is 5.92 Å². The summed E-state index contributed by atoms with van der Waals surface area (Å²) in [5.41, 5.74) is 8.91. The number of amides is 2. The molecule has 47 heavy (non-hydrogen) atoms. The lowest BCUT2D eigenvalue weighted by atomic mass is 9.84. The molecule has 0 aliphatic carbocycles. The maximum atomic E-state index is 14.0. The molecule has 0 saturated carbocycles. The van der Waals surface area contributed by atoms with Crippen LogP contribution in [0.25, 0.3) is 0 Å². The Morgan fingerprint density at radius 1 is 0.830 bits per heavy atom. The number of methoxy groups -OCH3 is 1. The Morgan fingerprint density at radius 2 is 1.38 bits per heavy atom. The number of ether oxygens (including phenoxy) is 1. The van der Waals surface area contributed by atoms with Crippen LogP contribution in [0.5, 0.6) is 0 Å². The summed E-state index contributed by atoms with van der Waals surface area (Å²) in [5.74, 6) is -0.884. The number of hydrogen-bond acceptors (Lipinski definition) is 8. The van der Waals surface area contributed by atoms with Crippen molar-refractivity contribution in [2.45, 2.75) is 82.0 Å². The number of rotatable bonds is 17. The average Bonchev–Trinajstić information content (AvgIpc) is 3.08. The third-order valence-corrected chi connectivity index (χ3v) is 10.4. The lowest BCUT2D eigenvalue weighted by molar-refractivity contribution is -0.132. The Hall–Kier alpha value is -3.61. The fourth-order valence-corrected chi connectivity index (χ4v) is 7.37. The fraction of sp³-hybridized carbons (Fsp3) is 0.444. The van der Waals surface area contributed by atoms with Gasteiger partial charge in [0.2, 0.25) is 15.9 Å². The number of benzene rings is 3. The molecule has 3 atom stereocenters. The summed E-state index contributed by atoms with van der Waals surface area (Å²) < 4.78 is 33.9. The van der Waals surface area contributed by atoms with Crippen molar-refractivity contribution >= 4 is 22.0 Å². The van der Waals surface area contributed by atoms with Crippen LogP contribution in [0.1, 0.15) is 69.1 Å². The molecule has 0 aliphatic heterocycles. The molecule has 3 aromatic rings. The van der Waals surface area contributed by atoms with Crippen molar-refractivity contribution in [3.8, 4) is 0 Å². The van der Waals surface area contributed by atoms with Crippen molar-refractivity contribution in [3.05, 3.63) is 102 Å². The van der Waals surface area contributed by atoms with E-state index in [0.717, 1.165) is 16.0 Å². The van der Waals surface area contributed by atoms with E-state index in [1.165, 1.54) is 23.5 Å². The Balaban J connectivity index is 1.81. The highest BCUT2D eigenvalue weighted by atomic mass is 32.2. The van der Waals surface area contributed by atoms with Crippen molar-refractivity contribution in [1.82, 2.24) is 9.21 Å². The number of nitrogens with zero attached hydrogens (tertiary/aromatic N) is 2. The van der Waals surface area contributed by atoms with E-state index in [1.54, 1.807) is 19.1 Å². The first-order valence-electron chi connectivity index (χ1n) is 16.0. The molecule has 0 unspecified atom stereocenters. The van der Waals surface area contributed by atoms with Gasteiger partial charge in [-0.25, -0.2) is 18.1 Å². The molecule has 11 heteroatoms. The predicted octanol–water partition coefficient (Wildman–Crippen LogP) is 4.89. The molecule has 0 aromatic heterocycles. The van der Waals surface area contributed by atoms with Crippen molar-refractivity contribution in [2.75, 3.05) is 20.3 Å². The summed E-state index contributed by atoms with van der Waals surface area (Å²) in [5, 5.41) is 19.8. The van der Waals surface area contributed by atoms with Gasteiger partial charge in [-0.2, -0.15) is 4.31 Å². The van der Waals surface area contributed by atoms with Gasteiger partial charge in [0, 0.05) is 24.5 Å². The lowest BCUT2D eigenvalue weighted by Crippen LogP contribution is -2.53. The van der Waals surface area contributed by atoms with E-state index in [4.69, 9.17) is 10.5 Å². The molecule has 0 saturated heterocycles. The second-order valence-corrected chi connectivity index (χ2v) is 14.1. The number of carbonyl (C=O) groups excluding carboxylic acids is 2. The summed E-state index contributed by atoms with van der Waals surface area (Å²) in [6.45, 7) is 5.33. The van der Waals surface area contributed by atoms with Gasteiger partial charge in [0.05, 0.1) is 31.3 Å². The molecule has 3 rings (SSSR count). The molecule has 3 aromatic carbocycles. The third kappa shape index (κ3) is 9.94. The van der Waals surface area contributed by atoms with E-state index in [9.17, 15) is 28.2 Å². The Labute approximate surface area is 279 Å². The number of imide groups is 1. The van der Waals surface area contributed by atoms with Gasteiger partial charge in [-0.3, -0.25) is 4.79 Å². The standard InChI is InChI=1S/C36H49N3O7S/c1-26(2)22-23-38(47(44,45)32-20-18-28(24-40)19-21-32)31(25-41)17-11-12-27(3)39(36(43)46-4)35(42)34(37)33(29-13-7-5-8-14-29)30-15-9-6-10-16-30/h5-10,13-16,18-21,26-27,31,33-34,40-41H,11-12,17,22-25,37H2,1-4H3/t27-,31-,34-/m0/s1. The molecule has 0 radical (unpaired) electrons. The van der Waals surface area contributed by atoms with E-state index >= 15 is 0 Å². The first kappa shape index (κ1) is 37.8. The van der Waals surface area contributed by atoms with Crippen LogP contribution >= 0.6 is 0 Å². The minimum absolute atomic E-state index is 0.0770. The number of sulfonamides is 1. The zero-order valence-corrected chi connectivity index (χ0v) is 28.6. The number of aliphatic hydroxyl groups excluding tert-OH is 2. The normalized spacial score (nSPS) is 13.8. The second-order valence-electron chi connectivity index (χ2n) is 12.2. The lowest BCUT2D eigenvalue weighted by Gasteiger charge is -2.33. The Morgan fingerprint density at radius 3 is 1.85 bits per heavy atom. The Kier molecular flexibility index (Phi) is 14.6. The molecule has 256 valence electrons. The molecular formula is C36H49N3O7S. The average molecular weight is 668 g/mol.